The number of hydrogen-bond donors (Lipinski definition) is 1. The van der Waals surface area contributed by atoms with Crippen LogP contribution in [0.3, 0.4) is 0 Å². The first-order valence-corrected chi connectivity index (χ1v) is 7.40. The van der Waals surface area contributed by atoms with Crippen LogP contribution in [0.2, 0.25) is 0 Å². The van der Waals surface area contributed by atoms with E-state index >= 15 is 0 Å². The van der Waals surface area contributed by atoms with Crippen molar-refractivity contribution in [2.75, 3.05) is 19.8 Å². The zero-order chi connectivity index (χ0) is 13.5. The van der Waals surface area contributed by atoms with Gasteiger partial charge in [0.1, 0.15) is 0 Å². The molecule has 1 heterocycles. The third-order valence-electron chi connectivity index (χ3n) is 4.19. The van der Waals surface area contributed by atoms with Crippen molar-refractivity contribution in [1.82, 2.24) is 9.88 Å². The summed E-state index contributed by atoms with van der Waals surface area (Å²) in [5, 5.41) is 0.701. The minimum absolute atomic E-state index is 0.0504. The lowest BCUT2D eigenvalue weighted by molar-refractivity contribution is 0.129. The topological polar surface area (TPSA) is 42.1 Å². The molecule has 0 saturated heterocycles. The second kappa shape index (κ2) is 4.62. The van der Waals surface area contributed by atoms with Crippen molar-refractivity contribution in [3.8, 4) is 0 Å². The summed E-state index contributed by atoms with van der Waals surface area (Å²) in [5.74, 6) is 0. The molecule has 1 atom stereocenters. The third kappa shape index (κ3) is 2.05. The average Bonchev–Trinajstić information content (AvgIpc) is 2.78. The molecule has 2 N–H and O–H groups in total. The van der Waals surface area contributed by atoms with E-state index in [2.05, 4.69) is 54.3 Å². The Hall–Kier alpha value is -1.39. The number of thiazole rings is 1. The first kappa shape index (κ1) is 12.6. The van der Waals surface area contributed by atoms with Gasteiger partial charge >= 0.3 is 0 Å². The lowest BCUT2D eigenvalue weighted by atomic mass is 9.76. The molecule has 0 spiro atoms. The van der Waals surface area contributed by atoms with Gasteiger partial charge < -0.3 is 5.73 Å². The smallest absolute Gasteiger partial charge is 0.180 e. The Kier molecular flexibility index (Phi) is 3.07. The van der Waals surface area contributed by atoms with E-state index in [0.717, 1.165) is 19.3 Å². The van der Waals surface area contributed by atoms with Gasteiger partial charge in [0.2, 0.25) is 0 Å². The van der Waals surface area contributed by atoms with Crippen molar-refractivity contribution in [1.29, 1.82) is 0 Å². The Bertz CT molecular complexity index is 576. The number of aromatic nitrogens is 1. The van der Waals surface area contributed by atoms with E-state index in [1.807, 2.05) is 0 Å². The number of hydrogen-bond acceptors (Lipinski definition) is 4. The number of nitrogen functional groups attached to an aromatic ring is 1. The average molecular weight is 273 g/mol. The summed E-state index contributed by atoms with van der Waals surface area (Å²) >= 11 is 1.65. The molecule has 3 rings (SSSR count). The SMILES string of the molecule is CN(C)C1(c2ccccc2)CCc2sc(N)nc2C1. The van der Waals surface area contributed by atoms with Crippen LogP contribution in [-0.4, -0.2) is 24.0 Å². The molecule has 0 saturated carbocycles. The van der Waals surface area contributed by atoms with Crippen LogP contribution in [0.25, 0.3) is 0 Å². The molecule has 4 heteroatoms. The van der Waals surface area contributed by atoms with E-state index in [1.165, 1.54) is 16.1 Å². The molecule has 0 bridgehead atoms. The number of nitrogens with zero attached hydrogens (tertiary/aromatic N) is 2. The number of benzene rings is 1. The Morgan fingerprint density at radius 3 is 2.68 bits per heavy atom. The second-order valence-corrected chi connectivity index (χ2v) is 6.51. The molecule has 0 amide bonds. The maximum atomic E-state index is 5.86. The van der Waals surface area contributed by atoms with E-state index in [-0.39, 0.29) is 5.54 Å². The Labute approximate surface area is 118 Å². The Balaban J connectivity index is 2.05. The fraction of sp³-hybridized carbons (Fsp3) is 0.400. The highest BCUT2D eigenvalue weighted by atomic mass is 32.1. The summed E-state index contributed by atoms with van der Waals surface area (Å²) in [6.45, 7) is 0. The van der Waals surface area contributed by atoms with Crippen LogP contribution in [-0.2, 0) is 18.4 Å². The molecule has 1 aliphatic carbocycles. The number of rotatable bonds is 2. The first-order valence-electron chi connectivity index (χ1n) is 6.59. The zero-order valence-electron chi connectivity index (χ0n) is 11.4. The molecule has 2 aromatic rings. The summed E-state index contributed by atoms with van der Waals surface area (Å²) in [5.41, 5.74) is 8.46. The maximum Gasteiger partial charge on any atom is 0.180 e. The molecule has 1 aliphatic rings. The van der Waals surface area contributed by atoms with Crippen LogP contribution >= 0.6 is 11.3 Å². The van der Waals surface area contributed by atoms with E-state index in [0.29, 0.717) is 5.13 Å². The number of likely N-dealkylation sites (N-methyl/N-ethyl adjacent to an activating group) is 1. The maximum absolute atomic E-state index is 5.86. The fourth-order valence-electron chi connectivity index (χ4n) is 3.06. The predicted octanol–water partition coefficient (Wildman–Crippen LogP) is 2.67. The number of nitrogens with two attached hydrogens (primary N) is 1. The molecule has 100 valence electrons. The van der Waals surface area contributed by atoms with E-state index < -0.39 is 0 Å². The molecular weight excluding hydrogens is 254 g/mol. The standard InChI is InChI=1S/C15H19N3S/c1-18(2)15(11-6-4-3-5-7-11)9-8-13-12(10-15)17-14(16)19-13/h3-7H,8-10H2,1-2H3,(H2,16,17). The Morgan fingerprint density at radius 2 is 2.00 bits per heavy atom. The van der Waals surface area contributed by atoms with Crippen molar-refractivity contribution >= 4 is 16.5 Å². The van der Waals surface area contributed by atoms with Gasteiger partial charge in [0.05, 0.1) is 11.2 Å². The highest BCUT2D eigenvalue weighted by Gasteiger charge is 2.39. The van der Waals surface area contributed by atoms with Crippen LogP contribution in [0.4, 0.5) is 5.13 Å². The highest BCUT2D eigenvalue weighted by molar-refractivity contribution is 7.15. The van der Waals surface area contributed by atoms with E-state index in [4.69, 9.17) is 5.73 Å². The zero-order valence-corrected chi connectivity index (χ0v) is 12.2. The lowest BCUT2D eigenvalue weighted by Crippen LogP contribution is -2.45. The molecule has 0 fully saturated rings. The summed E-state index contributed by atoms with van der Waals surface area (Å²) in [4.78, 5) is 8.22. The van der Waals surface area contributed by atoms with Gasteiger partial charge in [-0.05, 0) is 32.5 Å². The summed E-state index contributed by atoms with van der Waals surface area (Å²) in [6, 6.07) is 10.8. The van der Waals surface area contributed by atoms with E-state index in [9.17, 15) is 0 Å². The van der Waals surface area contributed by atoms with Gasteiger partial charge in [-0.25, -0.2) is 4.98 Å². The van der Waals surface area contributed by atoms with Crippen LogP contribution in [0.15, 0.2) is 30.3 Å². The minimum Gasteiger partial charge on any atom is -0.375 e. The number of anilines is 1. The van der Waals surface area contributed by atoms with Crippen molar-refractivity contribution in [3.05, 3.63) is 46.5 Å². The third-order valence-corrected chi connectivity index (χ3v) is 5.17. The van der Waals surface area contributed by atoms with Crippen molar-refractivity contribution in [2.45, 2.75) is 24.8 Å². The van der Waals surface area contributed by atoms with Gasteiger partial charge in [-0.15, -0.1) is 11.3 Å². The number of fused-ring (bicyclic) bond motifs is 1. The van der Waals surface area contributed by atoms with Gasteiger partial charge in [0.25, 0.3) is 0 Å². The van der Waals surface area contributed by atoms with Gasteiger partial charge in [-0.3, -0.25) is 4.90 Å². The highest BCUT2D eigenvalue weighted by Crippen LogP contribution is 2.41. The largest absolute Gasteiger partial charge is 0.375 e. The van der Waals surface area contributed by atoms with Crippen LogP contribution < -0.4 is 5.73 Å². The minimum atomic E-state index is 0.0504. The lowest BCUT2D eigenvalue weighted by Gasteiger charge is -2.43. The molecule has 0 aliphatic heterocycles. The Morgan fingerprint density at radius 1 is 1.26 bits per heavy atom. The van der Waals surface area contributed by atoms with Crippen molar-refractivity contribution in [2.24, 2.45) is 0 Å². The molecule has 1 unspecified atom stereocenters. The quantitative estimate of drug-likeness (QED) is 0.914. The van der Waals surface area contributed by atoms with Crippen LogP contribution in [0.1, 0.15) is 22.6 Å². The molecule has 0 radical (unpaired) electrons. The second-order valence-electron chi connectivity index (χ2n) is 5.39. The monoisotopic (exact) mass is 273 g/mol. The molecule has 1 aromatic heterocycles. The van der Waals surface area contributed by atoms with E-state index in [1.54, 1.807) is 11.3 Å². The normalized spacial score (nSPS) is 22.5. The van der Waals surface area contributed by atoms with Crippen molar-refractivity contribution < 1.29 is 0 Å². The van der Waals surface area contributed by atoms with Crippen LogP contribution in [0.5, 0.6) is 0 Å². The number of aryl methyl sites for hydroxylation is 1. The molecular formula is C15H19N3S. The molecule has 3 nitrogen and oxygen atoms in total. The molecule has 19 heavy (non-hydrogen) atoms. The van der Waals surface area contributed by atoms with Gasteiger partial charge in [-0.2, -0.15) is 0 Å². The summed E-state index contributed by atoms with van der Waals surface area (Å²) < 4.78 is 0. The van der Waals surface area contributed by atoms with Gasteiger partial charge in [-0.1, -0.05) is 30.3 Å². The first-order chi connectivity index (χ1) is 9.12. The fourth-order valence-corrected chi connectivity index (χ4v) is 3.91. The molecule has 1 aromatic carbocycles. The summed E-state index contributed by atoms with van der Waals surface area (Å²) in [6.07, 6.45) is 3.14. The van der Waals surface area contributed by atoms with Gasteiger partial charge in [0.15, 0.2) is 5.13 Å². The van der Waals surface area contributed by atoms with Gasteiger partial charge in [0, 0.05) is 11.3 Å². The van der Waals surface area contributed by atoms with Crippen molar-refractivity contribution in [3.63, 3.8) is 0 Å². The summed E-state index contributed by atoms with van der Waals surface area (Å²) in [7, 11) is 4.32. The predicted molar refractivity (Wildman–Crippen MR) is 80.4 cm³/mol. The van der Waals surface area contributed by atoms with Crippen LogP contribution in [0, 0.1) is 0 Å².